The van der Waals surface area contributed by atoms with Gasteiger partial charge in [0.15, 0.2) is 0 Å². The van der Waals surface area contributed by atoms with Crippen molar-refractivity contribution in [1.82, 2.24) is 15.6 Å². The van der Waals surface area contributed by atoms with Gasteiger partial charge in [-0.05, 0) is 46.2 Å². The van der Waals surface area contributed by atoms with Crippen molar-refractivity contribution in [3.05, 3.63) is 118 Å². The van der Waals surface area contributed by atoms with Crippen LogP contribution in [0.4, 0.5) is 0 Å². The second kappa shape index (κ2) is 10.5. The number of benzene rings is 4. The lowest BCUT2D eigenvalue weighted by molar-refractivity contribution is -0.120. The standard InChI is InChI=1S/C29H23Cl2N3O2/c30-24-13-4-3-11-21(24)27(23-15-25(31)22-12-6-14-33-28(22)29(23)36)34-26(35)17-32-16-19-9-5-8-18-7-1-2-10-20(18)19/h1-15,27,32,36H,16-17H2,(H,34,35). The smallest absolute Gasteiger partial charge is 0.234 e. The lowest BCUT2D eigenvalue weighted by Crippen LogP contribution is -2.36. The van der Waals surface area contributed by atoms with Crippen LogP contribution in [0.1, 0.15) is 22.7 Å². The summed E-state index contributed by atoms with van der Waals surface area (Å²) in [7, 11) is 0. The van der Waals surface area contributed by atoms with Crippen LogP contribution >= 0.6 is 23.2 Å². The summed E-state index contributed by atoms with van der Waals surface area (Å²) in [5.74, 6) is -0.305. The van der Waals surface area contributed by atoms with E-state index in [1.54, 1.807) is 30.5 Å². The monoisotopic (exact) mass is 515 g/mol. The number of rotatable bonds is 7. The van der Waals surface area contributed by atoms with E-state index in [1.807, 2.05) is 42.5 Å². The Morgan fingerprint density at radius 1 is 0.861 bits per heavy atom. The van der Waals surface area contributed by atoms with Crippen LogP contribution in [0.5, 0.6) is 5.75 Å². The molecule has 0 saturated heterocycles. The molecule has 180 valence electrons. The number of nitrogens with zero attached hydrogens (tertiary/aromatic N) is 1. The number of phenolic OH excluding ortho intramolecular Hbond substituents is 1. The van der Waals surface area contributed by atoms with E-state index >= 15 is 0 Å². The number of hydrogen-bond donors (Lipinski definition) is 3. The van der Waals surface area contributed by atoms with Gasteiger partial charge < -0.3 is 15.7 Å². The first-order chi connectivity index (χ1) is 17.5. The second-order valence-electron chi connectivity index (χ2n) is 8.46. The van der Waals surface area contributed by atoms with Gasteiger partial charge in [-0.2, -0.15) is 0 Å². The van der Waals surface area contributed by atoms with Crippen molar-refractivity contribution in [1.29, 1.82) is 0 Å². The molecule has 0 fully saturated rings. The summed E-state index contributed by atoms with van der Waals surface area (Å²) in [5, 5.41) is 21.1. The van der Waals surface area contributed by atoms with E-state index in [9.17, 15) is 9.90 Å². The molecule has 0 aliphatic carbocycles. The highest BCUT2D eigenvalue weighted by Gasteiger charge is 2.25. The Morgan fingerprint density at radius 3 is 2.47 bits per heavy atom. The predicted molar refractivity (Wildman–Crippen MR) is 146 cm³/mol. The fraction of sp³-hybridized carbons (Fsp3) is 0.103. The van der Waals surface area contributed by atoms with E-state index in [0.29, 0.717) is 38.6 Å². The van der Waals surface area contributed by atoms with Gasteiger partial charge in [-0.3, -0.25) is 9.78 Å². The zero-order valence-electron chi connectivity index (χ0n) is 19.2. The minimum absolute atomic E-state index is 0.0519. The van der Waals surface area contributed by atoms with Gasteiger partial charge in [0, 0.05) is 28.7 Å². The zero-order chi connectivity index (χ0) is 25.1. The zero-order valence-corrected chi connectivity index (χ0v) is 20.7. The lowest BCUT2D eigenvalue weighted by atomic mass is 9.96. The van der Waals surface area contributed by atoms with Crippen molar-refractivity contribution in [2.24, 2.45) is 0 Å². The number of halogens is 2. The van der Waals surface area contributed by atoms with Gasteiger partial charge >= 0.3 is 0 Å². The number of carbonyl (C=O) groups excluding carboxylic acids is 1. The summed E-state index contributed by atoms with van der Waals surface area (Å²) in [6, 6.07) is 25.9. The number of fused-ring (bicyclic) bond motifs is 2. The molecule has 1 atom stereocenters. The molecule has 0 radical (unpaired) electrons. The summed E-state index contributed by atoms with van der Waals surface area (Å²) in [5.41, 5.74) is 2.53. The van der Waals surface area contributed by atoms with Crippen LogP contribution < -0.4 is 10.6 Å². The van der Waals surface area contributed by atoms with Gasteiger partial charge in [0.25, 0.3) is 0 Å². The molecule has 3 N–H and O–H groups in total. The number of phenols is 1. The van der Waals surface area contributed by atoms with Crippen molar-refractivity contribution in [2.45, 2.75) is 12.6 Å². The Hall–Kier alpha value is -3.64. The Labute approximate surface area is 218 Å². The molecule has 7 heteroatoms. The fourth-order valence-electron chi connectivity index (χ4n) is 4.43. The average Bonchev–Trinajstić information content (AvgIpc) is 2.90. The van der Waals surface area contributed by atoms with Gasteiger partial charge in [-0.1, -0.05) is 83.9 Å². The molecule has 4 aromatic carbocycles. The Kier molecular flexibility index (Phi) is 7.05. The molecular formula is C29H23Cl2N3O2. The highest BCUT2D eigenvalue weighted by Crippen LogP contribution is 2.39. The quantitative estimate of drug-likeness (QED) is 0.234. The molecule has 0 saturated carbocycles. The highest BCUT2D eigenvalue weighted by molar-refractivity contribution is 6.35. The largest absolute Gasteiger partial charge is 0.505 e. The van der Waals surface area contributed by atoms with E-state index in [-0.39, 0.29) is 18.2 Å². The van der Waals surface area contributed by atoms with E-state index in [2.05, 4.69) is 33.8 Å². The van der Waals surface area contributed by atoms with Crippen molar-refractivity contribution >= 4 is 50.8 Å². The van der Waals surface area contributed by atoms with Gasteiger partial charge in [0.05, 0.1) is 17.6 Å². The third-order valence-electron chi connectivity index (χ3n) is 6.16. The number of nitrogens with one attached hydrogen (secondary N) is 2. The number of aromatic nitrogens is 1. The Bertz CT molecular complexity index is 1570. The molecule has 1 heterocycles. The molecular weight excluding hydrogens is 493 g/mol. The minimum atomic E-state index is -0.727. The van der Waals surface area contributed by atoms with Gasteiger partial charge in [0.1, 0.15) is 11.3 Å². The van der Waals surface area contributed by atoms with E-state index in [0.717, 1.165) is 16.3 Å². The maximum atomic E-state index is 13.1. The van der Waals surface area contributed by atoms with Crippen molar-refractivity contribution in [2.75, 3.05) is 6.54 Å². The summed E-state index contributed by atoms with van der Waals surface area (Å²) >= 11 is 13.0. The number of hydrogen-bond acceptors (Lipinski definition) is 4. The number of aromatic hydroxyl groups is 1. The van der Waals surface area contributed by atoms with Crippen molar-refractivity contribution < 1.29 is 9.90 Å². The third-order valence-corrected chi connectivity index (χ3v) is 6.82. The Balaban J connectivity index is 1.40. The predicted octanol–water partition coefficient (Wildman–Crippen LogP) is 6.40. The molecule has 1 unspecified atom stereocenters. The fourth-order valence-corrected chi connectivity index (χ4v) is 4.94. The molecule has 1 aromatic heterocycles. The van der Waals surface area contributed by atoms with Crippen molar-refractivity contribution in [3.8, 4) is 5.75 Å². The van der Waals surface area contributed by atoms with E-state index in [4.69, 9.17) is 23.2 Å². The molecule has 36 heavy (non-hydrogen) atoms. The first kappa shape index (κ1) is 24.1. The molecule has 5 aromatic rings. The molecule has 0 aliphatic rings. The highest BCUT2D eigenvalue weighted by atomic mass is 35.5. The average molecular weight is 516 g/mol. The first-order valence-corrected chi connectivity index (χ1v) is 12.3. The molecule has 0 spiro atoms. The summed E-state index contributed by atoms with van der Waals surface area (Å²) < 4.78 is 0. The van der Waals surface area contributed by atoms with Crippen LogP contribution in [0, 0.1) is 0 Å². The topological polar surface area (TPSA) is 74.2 Å². The number of amides is 1. The van der Waals surface area contributed by atoms with Crippen molar-refractivity contribution in [3.63, 3.8) is 0 Å². The lowest BCUT2D eigenvalue weighted by Gasteiger charge is -2.23. The molecule has 0 aliphatic heterocycles. The summed E-state index contributed by atoms with van der Waals surface area (Å²) in [6.45, 7) is 0.604. The van der Waals surface area contributed by atoms with Crippen LogP contribution in [0.3, 0.4) is 0 Å². The summed E-state index contributed by atoms with van der Waals surface area (Å²) in [4.78, 5) is 17.4. The second-order valence-corrected chi connectivity index (χ2v) is 9.27. The Morgan fingerprint density at radius 2 is 1.61 bits per heavy atom. The molecule has 5 nitrogen and oxygen atoms in total. The normalized spacial score (nSPS) is 12.1. The van der Waals surface area contributed by atoms with Gasteiger partial charge in [0.2, 0.25) is 5.91 Å². The van der Waals surface area contributed by atoms with Gasteiger partial charge in [-0.25, -0.2) is 0 Å². The van der Waals surface area contributed by atoms with Gasteiger partial charge in [-0.15, -0.1) is 0 Å². The van der Waals surface area contributed by atoms with E-state index in [1.165, 1.54) is 0 Å². The maximum Gasteiger partial charge on any atom is 0.234 e. The molecule has 5 rings (SSSR count). The molecule has 0 bridgehead atoms. The van der Waals surface area contributed by atoms with Crippen LogP contribution in [0.15, 0.2) is 91.1 Å². The number of pyridine rings is 1. The van der Waals surface area contributed by atoms with E-state index < -0.39 is 6.04 Å². The SMILES string of the molecule is O=C(CNCc1cccc2ccccc12)NC(c1ccccc1Cl)c1cc(Cl)c2cccnc2c1O. The maximum absolute atomic E-state index is 13.1. The number of carbonyl (C=O) groups is 1. The minimum Gasteiger partial charge on any atom is -0.505 e. The van der Waals surface area contributed by atoms with Crippen LogP contribution in [0.25, 0.3) is 21.7 Å². The van der Waals surface area contributed by atoms with Crippen LogP contribution in [0.2, 0.25) is 10.0 Å². The van der Waals surface area contributed by atoms with Crippen LogP contribution in [-0.2, 0) is 11.3 Å². The summed E-state index contributed by atoms with van der Waals surface area (Å²) in [6.07, 6.45) is 1.59. The molecule has 1 amide bonds. The van der Waals surface area contributed by atoms with Crippen LogP contribution in [-0.4, -0.2) is 22.5 Å². The first-order valence-electron chi connectivity index (χ1n) is 11.5. The third kappa shape index (κ3) is 4.86.